The summed E-state index contributed by atoms with van der Waals surface area (Å²) < 4.78 is 15.1. The van der Waals surface area contributed by atoms with E-state index >= 15 is 0 Å². The number of aromatic nitrogens is 2. The Balaban J connectivity index is 1.70. The van der Waals surface area contributed by atoms with Crippen molar-refractivity contribution in [1.29, 1.82) is 0 Å². The second-order valence-electron chi connectivity index (χ2n) is 7.49. The van der Waals surface area contributed by atoms with Gasteiger partial charge in [0, 0.05) is 0 Å². The molecule has 1 aliphatic heterocycles. The molecule has 0 atom stereocenters. The number of nitrogens with two attached hydrogens (primary N) is 1. The van der Waals surface area contributed by atoms with Gasteiger partial charge in [-0.25, -0.2) is 9.07 Å². The fraction of sp³-hybridized carbons (Fsp3) is 0.318. The molecule has 6 heteroatoms. The van der Waals surface area contributed by atoms with Crippen molar-refractivity contribution in [3.63, 3.8) is 0 Å². The van der Waals surface area contributed by atoms with E-state index in [-0.39, 0.29) is 5.82 Å². The van der Waals surface area contributed by atoms with Gasteiger partial charge in [0.15, 0.2) is 0 Å². The van der Waals surface area contributed by atoms with E-state index < -0.39 is 0 Å². The molecule has 0 aliphatic carbocycles. The summed E-state index contributed by atoms with van der Waals surface area (Å²) in [6, 6.07) is 16.5. The number of benzene rings is 2. The summed E-state index contributed by atoms with van der Waals surface area (Å²) in [4.78, 5) is 3.21. The second-order valence-corrected chi connectivity index (χ2v) is 7.49. The Labute approximate surface area is 165 Å². The van der Waals surface area contributed by atoms with Gasteiger partial charge in [0.25, 0.3) is 0 Å². The standard InChI is InChI=1S/C22H26FN5/c1-2-26-12-14-27(15-13-26)16-20-21(17-6-4-3-5-7-17)22(24)28(25-20)19-10-8-18(23)9-11-19/h3-11H,2,12-16,24H2,1H3/p+2. The van der Waals surface area contributed by atoms with Crippen LogP contribution in [0.4, 0.5) is 10.2 Å². The predicted octanol–water partition coefficient (Wildman–Crippen LogP) is 0.564. The summed E-state index contributed by atoms with van der Waals surface area (Å²) in [5.41, 5.74) is 10.4. The maximum Gasteiger partial charge on any atom is 0.135 e. The van der Waals surface area contributed by atoms with Gasteiger partial charge < -0.3 is 15.5 Å². The molecule has 4 rings (SSSR count). The number of likely N-dealkylation sites (N-methyl/N-ethyl adjacent to an activating group) is 1. The van der Waals surface area contributed by atoms with Crippen LogP contribution in [-0.4, -0.2) is 42.5 Å². The van der Waals surface area contributed by atoms with E-state index in [0.717, 1.165) is 42.1 Å². The van der Waals surface area contributed by atoms with Crippen molar-refractivity contribution >= 4 is 5.82 Å². The van der Waals surface area contributed by atoms with Crippen LogP contribution in [0.2, 0.25) is 0 Å². The van der Waals surface area contributed by atoms with E-state index in [1.165, 1.54) is 36.7 Å². The lowest BCUT2D eigenvalue weighted by atomic mass is 10.0. The van der Waals surface area contributed by atoms with Crippen LogP contribution in [0.25, 0.3) is 16.8 Å². The fourth-order valence-electron chi connectivity index (χ4n) is 4.02. The SMILES string of the molecule is CC[NH+]1CC[NH+](Cc2nn(-c3ccc(F)cc3)c(N)c2-c2ccccc2)CC1. The van der Waals surface area contributed by atoms with Crippen LogP contribution < -0.4 is 15.5 Å². The molecule has 1 fully saturated rings. The van der Waals surface area contributed by atoms with Crippen molar-refractivity contribution in [3.8, 4) is 16.8 Å². The maximum absolute atomic E-state index is 13.4. The predicted molar refractivity (Wildman–Crippen MR) is 109 cm³/mol. The molecule has 1 aromatic heterocycles. The number of hydrogen-bond acceptors (Lipinski definition) is 2. The average Bonchev–Trinajstić information content (AvgIpc) is 3.05. The van der Waals surface area contributed by atoms with Gasteiger partial charge >= 0.3 is 0 Å². The van der Waals surface area contributed by atoms with Crippen LogP contribution in [0.15, 0.2) is 54.6 Å². The Hall–Kier alpha value is -2.70. The number of nitrogens with zero attached hydrogens (tertiary/aromatic N) is 2. The van der Waals surface area contributed by atoms with Crippen LogP contribution in [0.5, 0.6) is 0 Å². The van der Waals surface area contributed by atoms with Crippen molar-refractivity contribution in [2.24, 2.45) is 0 Å². The van der Waals surface area contributed by atoms with Crippen LogP contribution in [0.1, 0.15) is 12.6 Å². The van der Waals surface area contributed by atoms with Gasteiger partial charge in [0.05, 0.1) is 17.8 Å². The quantitative estimate of drug-likeness (QED) is 0.605. The summed E-state index contributed by atoms with van der Waals surface area (Å²) in [5, 5.41) is 4.86. The lowest BCUT2D eigenvalue weighted by Gasteiger charge is -2.28. The van der Waals surface area contributed by atoms with Crippen molar-refractivity contribution in [3.05, 3.63) is 66.1 Å². The van der Waals surface area contributed by atoms with Gasteiger partial charge in [-0.05, 0) is 36.8 Å². The molecule has 5 nitrogen and oxygen atoms in total. The van der Waals surface area contributed by atoms with Gasteiger partial charge in [-0.15, -0.1) is 0 Å². The molecule has 4 N–H and O–H groups in total. The van der Waals surface area contributed by atoms with Crippen LogP contribution >= 0.6 is 0 Å². The van der Waals surface area contributed by atoms with Crippen molar-refractivity contribution < 1.29 is 14.2 Å². The molecule has 0 radical (unpaired) electrons. The first-order valence-electron chi connectivity index (χ1n) is 10.0. The highest BCUT2D eigenvalue weighted by Gasteiger charge is 2.26. The number of quaternary nitrogens is 2. The Morgan fingerprint density at radius 3 is 2.25 bits per heavy atom. The van der Waals surface area contributed by atoms with E-state index in [2.05, 4.69) is 19.1 Å². The minimum Gasteiger partial charge on any atom is -0.383 e. The molecule has 0 amide bonds. The largest absolute Gasteiger partial charge is 0.383 e. The summed E-state index contributed by atoms with van der Waals surface area (Å²) in [7, 11) is 0. The van der Waals surface area contributed by atoms with Gasteiger partial charge in [-0.3, -0.25) is 0 Å². The van der Waals surface area contributed by atoms with Crippen molar-refractivity contribution in [2.75, 3.05) is 38.5 Å². The average molecular weight is 381 g/mol. The molecule has 146 valence electrons. The Kier molecular flexibility index (Phi) is 5.41. The third kappa shape index (κ3) is 3.79. The summed E-state index contributed by atoms with van der Waals surface area (Å²) in [6.07, 6.45) is 0. The van der Waals surface area contributed by atoms with Crippen LogP contribution in [0.3, 0.4) is 0 Å². The van der Waals surface area contributed by atoms with E-state index in [1.54, 1.807) is 21.7 Å². The van der Waals surface area contributed by atoms with Crippen LogP contribution in [0, 0.1) is 5.82 Å². The Bertz CT molecular complexity index is 912. The number of hydrogen-bond donors (Lipinski definition) is 3. The number of anilines is 1. The summed E-state index contributed by atoms with van der Waals surface area (Å²) in [5.74, 6) is 0.337. The topological polar surface area (TPSA) is 52.7 Å². The molecule has 28 heavy (non-hydrogen) atoms. The minimum atomic E-state index is -0.265. The molecule has 0 spiro atoms. The summed E-state index contributed by atoms with van der Waals surface area (Å²) >= 11 is 0. The second kappa shape index (κ2) is 8.12. The smallest absolute Gasteiger partial charge is 0.135 e. The first kappa shape index (κ1) is 18.7. The van der Waals surface area contributed by atoms with Gasteiger partial charge in [-0.1, -0.05) is 30.3 Å². The number of nitrogen functional groups attached to an aromatic ring is 1. The molecular formula is C22H28FN5+2. The molecule has 1 aliphatic rings. The first-order chi connectivity index (χ1) is 13.7. The van der Waals surface area contributed by atoms with E-state index in [9.17, 15) is 4.39 Å². The Morgan fingerprint density at radius 2 is 1.61 bits per heavy atom. The summed E-state index contributed by atoms with van der Waals surface area (Å²) in [6.45, 7) is 8.95. The highest BCUT2D eigenvalue weighted by Crippen LogP contribution is 2.31. The van der Waals surface area contributed by atoms with Crippen LogP contribution in [-0.2, 0) is 6.54 Å². The minimum absolute atomic E-state index is 0.265. The lowest BCUT2D eigenvalue weighted by Crippen LogP contribution is -3.27. The van der Waals surface area contributed by atoms with Gasteiger partial charge in [-0.2, -0.15) is 5.10 Å². The number of halogens is 1. The molecule has 3 aromatic rings. The highest BCUT2D eigenvalue weighted by molar-refractivity contribution is 5.77. The Morgan fingerprint density at radius 1 is 0.964 bits per heavy atom. The molecule has 2 aromatic carbocycles. The third-order valence-electron chi connectivity index (χ3n) is 5.71. The number of nitrogens with one attached hydrogen (secondary N) is 2. The molecule has 0 saturated carbocycles. The first-order valence-corrected chi connectivity index (χ1v) is 10.0. The van der Waals surface area contributed by atoms with Gasteiger partial charge in [0.1, 0.15) is 50.1 Å². The van der Waals surface area contributed by atoms with E-state index in [1.807, 2.05) is 18.2 Å². The maximum atomic E-state index is 13.4. The number of rotatable bonds is 5. The zero-order valence-electron chi connectivity index (χ0n) is 16.3. The molecule has 1 saturated heterocycles. The monoisotopic (exact) mass is 381 g/mol. The molecule has 0 unspecified atom stereocenters. The molecule has 0 bridgehead atoms. The molecular weight excluding hydrogens is 353 g/mol. The fourth-order valence-corrected chi connectivity index (χ4v) is 4.02. The molecule has 2 heterocycles. The normalized spacial score (nSPS) is 19.6. The van der Waals surface area contributed by atoms with Crippen molar-refractivity contribution in [1.82, 2.24) is 9.78 Å². The zero-order chi connectivity index (χ0) is 19.5. The highest BCUT2D eigenvalue weighted by atomic mass is 19.1. The lowest BCUT2D eigenvalue weighted by molar-refractivity contribution is -1.02. The zero-order valence-corrected chi connectivity index (χ0v) is 16.3. The third-order valence-corrected chi connectivity index (χ3v) is 5.71. The van der Waals surface area contributed by atoms with Gasteiger partial charge in [0.2, 0.25) is 0 Å². The number of piperazine rings is 1. The van der Waals surface area contributed by atoms with Crippen molar-refractivity contribution in [2.45, 2.75) is 13.5 Å². The van der Waals surface area contributed by atoms with E-state index in [0.29, 0.717) is 5.82 Å². The van der Waals surface area contributed by atoms with E-state index in [4.69, 9.17) is 10.8 Å².